The molecular weight excluding hydrogens is 314 g/mol. The van der Waals surface area contributed by atoms with Crippen molar-refractivity contribution in [2.45, 2.75) is 6.04 Å². The molecule has 1 aromatic heterocycles. The molecule has 6 nitrogen and oxygen atoms in total. The summed E-state index contributed by atoms with van der Waals surface area (Å²) in [5, 5.41) is 18.1. The number of carbonyl (C=O) groups excluding carboxylic acids is 1. The Morgan fingerprint density at radius 1 is 1.57 bits per heavy atom. The number of thiocarbonyl (C=S) groups is 1. The van der Waals surface area contributed by atoms with Gasteiger partial charge in [-0.25, -0.2) is 4.79 Å². The minimum Gasteiger partial charge on any atom is -0.480 e. The molecule has 0 bridgehead atoms. The van der Waals surface area contributed by atoms with Gasteiger partial charge in [0.25, 0.3) is 5.91 Å². The Labute approximate surface area is 129 Å². The fourth-order valence-corrected chi connectivity index (χ4v) is 2.96. The molecule has 1 aromatic rings. The number of rotatable bonds is 5. The van der Waals surface area contributed by atoms with Crippen LogP contribution in [0.1, 0.15) is 5.76 Å². The first-order valence-corrected chi connectivity index (χ1v) is 7.08. The SMILES string of the molecule is O=C(O)C(CO)N1C(=O)C(=CC=Cc2ccco2)SC1=S. The number of thioether (sulfide) groups is 1. The van der Waals surface area contributed by atoms with E-state index in [1.54, 1.807) is 24.3 Å². The van der Waals surface area contributed by atoms with Crippen molar-refractivity contribution in [3.63, 3.8) is 0 Å². The van der Waals surface area contributed by atoms with Crippen molar-refractivity contribution < 1.29 is 24.2 Å². The van der Waals surface area contributed by atoms with Crippen molar-refractivity contribution >= 4 is 46.3 Å². The van der Waals surface area contributed by atoms with Crippen LogP contribution in [0.3, 0.4) is 0 Å². The van der Waals surface area contributed by atoms with Crippen LogP contribution in [0.4, 0.5) is 0 Å². The number of aliphatic carboxylic acids is 1. The standard InChI is InChI=1S/C13H11NO5S2/c15-7-9(12(17)18)14-11(16)10(21-13(14)20)5-1-3-8-4-2-6-19-8/h1-6,9,15H,7H2,(H,17,18). The Kier molecular flexibility index (Phi) is 4.94. The molecule has 1 unspecified atom stereocenters. The van der Waals surface area contributed by atoms with Crippen molar-refractivity contribution in [2.24, 2.45) is 0 Å². The van der Waals surface area contributed by atoms with Gasteiger partial charge >= 0.3 is 5.97 Å². The summed E-state index contributed by atoms with van der Waals surface area (Å²) in [7, 11) is 0. The van der Waals surface area contributed by atoms with Crippen molar-refractivity contribution in [1.29, 1.82) is 0 Å². The van der Waals surface area contributed by atoms with Crippen molar-refractivity contribution in [3.8, 4) is 0 Å². The number of allylic oxidation sites excluding steroid dienone is 2. The smallest absolute Gasteiger partial charge is 0.329 e. The predicted molar refractivity (Wildman–Crippen MR) is 81.4 cm³/mol. The number of hydrogen-bond donors (Lipinski definition) is 2. The lowest BCUT2D eigenvalue weighted by atomic mass is 10.2. The summed E-state index contributed by atoms with van der Waals surface area (Å²) in [4.78, 5) is 24.4. The summed E-state index contributed by atoms with van der Waals surface area (Å²) in [5.41, 5.74) is 0. The quantitative estimate of drug-likeness (QED) is 0.626. The molecule has 8 heteroatoms. The summed E-state index contributed by atoms with van der Waals surface area (Å²) in [6, 6.07) is 2.12. The maximum atomic E-state index is 12.1. The number of aliphatic hydroxyl groups excluding tert-OH is 1. The normalized spacial score (nSPS) is 18.9. The van der Waals surface area contributed by atoms with Gasteiger partial charge in [0, 0.05) is 0 Å². The van der Waals surface area contributed by atoms with Crippen LogP contribution in [-0.2, 0) is 9.59 Å². The van der Waals surface area contributed by atoms with E-state index in [0.29, 0.717) is 10.7 Å². The Morgan fingerprint density at radius 2 is 2.33 bits per heavy atom. The summed E-state index contributed by atoms with van der Waals surface area (Å²) >= 11 is 5.99. The van der Waals surface area contributed by atoms with Crippen LogP contribution < -0.4 is 0 Å². The van der Waals surface area contributed by atoms with Crippen LogP contribution in [0.15, 0.2) is 39.9 Å². The molecule has 1 saturated heterocycles. The molecule has 0 spiro atoms. The van der Waals surface area contributed by atoms with E-state index in [1.165, 1.54) is 12.3 Å². The largest absolute Gasteiger partial charge is 0.480 e. The molecule has 1 aliphatic heterocycles. The monoisotopic (exact) mass is 325 g/mol. The second kappa shape index (κ2) is 6.70. The Bertz CT molecular complexity index is 621. The fraction of sp³-hybridized carbons (Fsp3) is 0.154. The molecule has 1 fully saturated rings. The van der Waals surface area contributed by atoms with Crippen LogP contribution in [0.25, 0.3) is 6.08 Å². The summed E-state index contributed by atoms with van der Waals surface area (Å²) in [6.45, 7) is -0.697. The first-order chi connectivity index (χ1) is 10.0. The molecule has 0 saturated carbocycles. The lowest BCUT2D eigenvalue weighted by Crippen LogP contribution is -2.46. The fourth-order valence-electron chi connectivity index (χ4n) is 1.65. The van der Waals surface area contributed by atoms with Gasteiger partial charge in [0.1, 0.15) is 10.1 Å². The maximum Gasteiger partial charge on any atom is 0.329 e. The average Bonchev–Trinajstić information content (AvgIpc) is 3.03. The van der Waals surface area contributed by atoms with E-state index in [1.807, 2.05) is 0 Å². The molecule has 2 N–H and O–H groups in total. The number of hydrogen-bond acceptors (Lipinski definition) is 6. The summed E-state index contributed by atoms with van der Waals surface area (Å²) in [5.74, 6) is -1.21. The predicted octanol–water partition coefficient (Wildman–Crippen LogP) is 1.48. The second-order valence-electron chi connectivity index (χ2n) is 3.99. The molecule has 0 aliphatic carbocycles. The number of aliphatic hydroxyl groups is 1. The van der Waals surface area contributed by atoms with Gasteiger partial charge in [-0.2, -0.15) is 0 Å². The molecule has 2 rings (SSSR count). The molecule has 0 radical (unpaired) electrons. The van der Waals surface area contributed by atoms with Gasteiger partial charge in [0.05, 0.1) is 17.8 Å². The van der Waals surface area contributed by atoms with E-state index >= 15 is 0 Å². The summed E-state index contributed by atoms with van der Waals surface area (Å²) in [6.07, 6.45) is 6.32. The van der Waals surface area contributed by atoms with Crippen molar-refractivity contribution in [1.82, 2.24) is 4.90 Å². The van der Waals surface area contributed by atoms with Crippen molar-refractivity contribution in [3.05, 3.63) is 41.2 Å². The molecule has 21 heavy (non-hydrogen) atoms. The molecular formula is C13H11NO5S2. The van der Waals surface area contributed by atoms with E-state index in [9.17, 15) is 9.59 Å². The average molecular weight is 325 g/mol. The van der Waals surface area contributed by atoms with Gasteiger partial charge in [-0.3, -0.25) is 9.69 Å². The van der Waals surface area contributed by atoms with Gasteiger partial charge in [0.15, 0.2) is 6.04 Å². The Morgan fingerprint density at radius 3 is 2.90 bits per heavy atom. The van der Waals surface area contributed by atoms with Crippen molar-refractivity contribution in [2.75, 3.05) is 6.61 Å². The third-order valence-corrected chi connectivity index (χ3v) is 3.99. The zero-order valence-electron chi connectivity index (χ0n) is 10.6. The van der Waals surface area contributed by atoms with Crippen LogP contribution in [0.5, 0.6) is 0 Å². The number of carboxylic acid groups (broad SMARTS) is 1. The zero-order valence-corrected chi connectivity index (χ0v) is 12.3. The van der Waals surface area contributed by atoms with Gasteiger partial charge in [0.2, 0.25) is 0 Å². The first kappa shape index (κ1) is 15.5. The highest BCUT2D eigenvalue weighted by atomic mass is 32.2. The van der Waals surface area contributed by atoms with Crippen LogP contribution in [0.2, 0.25) is 0 Å². The van der Waals surface area contributed by atoms with Crippen LogP contribution >= 0.6 is 24.0 Å². The molecule has 1 aliphatic rings. The lowest BCUT2D eigenvalue weighted by molar-refractivity contribution is -0.146. The lowest BCUT2D eigenvalue weighted by Gasteiger charge is -2.20. The number of furan rings is 1. The topological polar surface area (TPSA) is 91.0 Å². The second-order valence-corrected chi connectivity index (χ2v) is 5.66. The molecule has 110 valence electrons. The highest BCUT2D eigenvalue weighted by Crippen LogP contribution is 2.32. The molecule has 2 heterocycles. The highest BCUT2D eigenvalue weighted by Gasteiger charge is 2.39. The van der Waals surface area contributed by atoms with Gasteiger partial charge in [-0.05, 0) is 24.3 Å². The van der Waals surface area contributed by atoms with E-state index in [4.69, 9.17) is 26.8 Å². The van der Waals surface area contributed by atoms with E-state index in [2.05, 4.69) is 0 Å². The van der Waals surface area contributed by atoms with Gasteiger partial charge in [-0.15, -0.1) is 0 Å². The minimum absolute atomic E-state index is 0.110. The number of nitrogens with zero attached hydrogens (tertiary/aromatic N) is 1. The van der Waals surface area contributed by atoms with Crippen LogP contribution in [0, 0.1) is 0 Å². The molecule has 1 atom stereocenters. The van der Waals surface area contributed by atoms with E-state index in [-0.39, 0.29) is 4.32 Å². The maximum absolute atomic E-state index is 12.1. The third-order valence-electron chi connectivity index (χ3n) is 2.64. The van der Waals surface area contributed by atoms with E-state index in [0.717, 1.165) is 16.7 Å². The summed E-state index contributed by atoms with van der Waals surface area (Å²) < 4.78 is 5.21. The first-order valence-electron chi connectivity index (χ1n) is 5.85. The molecule has 0 aromatic carbocycles. The zero-order chi connectivity index (χ0) is 15.4. The number of amides is 1. The van der Waals surface area contributed by atoms with Gasteiger partial charge < -0.3 is 14.6 Å². The Balaban J connectivity index is 2.15. The molecule has 1 amide bonds. The minimum atomic E-state index is -1.36. The number of carboxylic acids is 1. The van der Waals surface area contributed by atoms with E-state index < -0.39 is 24.5 Å². The Hall–Kier alpha value is -1.90. The third kappa shape index (κ3) is 3.41. The van der Waals surface area contributed by atoms with Gasteiger partial charge in [-0.1, -0.05) is 30.1 Å². The van der Waals surface area contributed by atoms with Crippen LogP contribution in [-0.4, -0.2) is 44.0 Å². The number of carbonyl (C=O) groups is 2. The highest BCUT2D eigenvalue weighted by molar-refractivity contribution is 8.26.